The average molecular weight is 873 g/mol. The molecule has 8 atom stereocenters. The third kappa shape index (κ3) is 13.6. The van der Waals surface area contributed by atoms with Crippen LogP contribution in [0.1, 0.15) is 95.6 Å². The molecule has 0 bridgehead atoms. The quantitative estimate of drug-likeness (QED) is 0.140. The number of aryl methyl sites for hydroxylation is 1. The summed E-state index contributed by atoms with van der Waals surface area (Å²) in [6.45, 7) is 3.58. The smallest absolute Gasteiger partial charge is 0.251 e. The zero-order valence-electron chi connectivity index (χ0n) is 36.4. The molecule has 0 radical (unpaired) electrons. The maximum atomic E-state index is 14.5. The highest BCUT2D eigenvalue weighted by Crippen LogP contribution is 2.24. The minimum absolute atomic E-state index is 0.0830. The molecule has 3 aliphatic heterocycles. The Hall–Kier alpha value is -5.84. The summed E-state index contributed by atoms with van der Waals surface area (Å²) in [6.07, 6.45) is 2.75. The van der Waals surface area contributed by atoms with Crippen molar-refractivity contribution in [1.29, 1.82) is 0 Å². The van der Waals surface area contributed by atoms with E-state index in [0.29, 0.717) is 44.9 Å². The lowest BCUT2D eigenvalue weighted by Crippen LogP contribution is -2.61. The van der Waals surface area contributed by atoms with Crippen LogP contribution in [0.25, 0.3) is 0 Å². The SMILES string of the molecule is CC[C@H](C)[C@H]1NC(=O)[C@@H](Cc2ccccc2)NC(=O)[C@H]2CCCN2C(=O)CNC(=O)[C@H](CCC(N)=O)NC(=O)C(O)C(CCCCCc2ccccc2)NC(=O)[C@H]2CCCN2C1=O. The van der Waals surface area contributed by atoms with Gasteiger partial charge in [-0.3, -0.25) is 38.4 Å². The highest BCUT2D eigenvalue weighted by molar-refractivity contribution is 5.97. The van der Waals surface area contributed by atoms with Crippen LogP contribution in [0.3, 0.4) is 0 Å². The summed E-state index contributed by atoms with van der Waals surface area (Å²) in [5, 5.41) is 25.2. The highest BCUT2D eigenvalue weighted by atomic mass is 16.3. The zero-order chi connectivity index (χ0) is 45.5. The molecule has 3 heterocycles. The van der Waals surface area contributed by atoms with Crippen LogP contribution in [0.5, 0.6) is 0 Å². The second-order valence-corrected chi connectivity index (χ2v) is 17.0. The summed E-state index contributed by atoms with van der Waals surface area (Å²) >= 11 is 0. The van der Waals surface area contributed by atoms with Gasteiger partial charge in [-0.05, 0) is 68.4 Å². The van der Waals surface area contributed by atoms with Gasteiger partial charge in [-0.25, -0.2) is 0 Å². The van der Waals surface area contributed by atoms with Gasteiger partial charge in [0.15, 0.2) is 6.10 Å². The number of carbonyl (C=O) groups is 8. The summed E-state index contributed by atoms with van der Waals surface area (Å²) in [6, 6.07) is 12.3. The molecule has 8 amide bonds. The molecule has 0 spiro atoms. The minimum Gasteiger partial charge on any atom is -0.381 e. The highest BCUT2D eigenvalue weighted by Gasteiger charge is 2.42. The largest absolute Gasteiger partial charge is 0.381 e. The van der Waals surface area contributed by atoms with Crippen molar-refractivity contribution in [2.75, 3.05) is 19.6 Å². The third-order valence-electron chi connectivity index (χ3n) is 12.4. The Kier molecular flexibility index (Phi) is 18.0. The molecule has 0 aromatic heterocycles. The van der Waals surface area contributed by atoms with Gasteiger partial charge < -0.3 is 47.2 Å². The molecule has 5 rings (SSSR count). The molecule has 342 valence electrons. The Bertz CT molecular complexity index is 1920. The number of nitrogens with two attached hydrogens (primary N) is 1. The molecule has 2 aromatic rings. The number of aliphatic hydroxyl groups is 1. The van der Waals surface area contributed by atoms with Crippen LogP contribution >= 0.6 is 0 Å². The summed E-state index contributed by atoms with van der Waals surface area (Å²) in [4.78, 5) is 113. The topological polar surface area (TPSA) is 249 Å². The molecular formula is C46H64N8O9. The Labute approximate surface area is 369 Å². The fourth-order valence-corrected chi connectivity index (χ4v) is 8.57. The number of nitrogens with one attached hydrogen (secondary N) is 5. The third-order valence-corrected chi connectivity index (χ3v) is 12.4. The van der Waals surface area contributed by atoms with Crippen LogP contribution in [0.4, 0.5) is 0 Å². The summed E-state index contributed by atoms with van der Waals surface area (Å²) < 4.78 is 0. The van der Waals surface area contributed by atoms with Gasteiger partial charge in [0, 0.05) is 25.9 Å². The monoisotopic (exact) mass is 872 g/mol. The number of aliphatic hydroxyl groups excluding tert-OH is 1. The van der Waals surface area contributed by atoms with Crippen LogP contribution < -0.4 is 32.3 Å². The lowest BCUT2D eigenvalue weighted by molar-refractivity contribution is -0.144. The van der Waals surface area contributed by atoms with Crippen LogP contribution in [0, 0.1) is 5.92 Å². The van der Waals surface area contributed by atoms with Crippen LogP contribution in [0.15, 0.2) is 60.7 Å². The van der Waals surface area contributed by atoms with E-state index in [-0.39, 0.29) is 44.7 Å². The predicted octanol–water partition coefficient (Wildman–Crippen LogP) is 0.756. The first-order valence-corrected chi connectivity index (χ1v) is 22.4. The van der Waals surface area contributed by atoms with Gasteiger partial charge in [-0.15, -0.1) is 0 Å². The first-order chi connectivity index (χ1) is 30.3. The zero-order valence-corrected chi connectivity index (χ0v) is 36.4. The molecule has 0 saturated carbocycles. The normalized spacial score (nSPS) is 26.2. The first kappa shape index (κ1) is 48.2. The van der Waals surface area contributed by atoms with E-state index in [9.17, 15) is 43.5 Å². The van der Waals surface area contributed by atoms with Crippen molar-refractivity contribution >= 4 is 47.3 Å². The van der Waals surface area contributed by atoms with Crippen molar-refractivity contribution in [2.45, 2.75) is 140 Å². The van der Waals surface area contributed by atoms with Gasteiger partial charge in [-0.1, -0.05) is 93.8 Å². The Morgan fingerprint density at radius 3 is 1.97 bits per heavy atom. The number of primary amides is 1. The molecule has 17 nitrogen and oxygen atoms in total. The van der Waals surface area contributed by atoms with E-state index in [1.54, 1.807) is 12.1 Å². The predicted molar refractivity (Wildman–Crippen MR) is 233 cm³/mol. The van der Waals surface area contributed by atoms with E-state index in [1.165, 1.54) is 9.80 Å². The van der Waals surface area contributed by atoms with Gasteiger partial charge in [0.2, 0.25) is 41.4 Å². The lowest BCUT2D eigenvalue weighted by Gasteiger charge is -2.34. The van der Waals surface area contributed by atoms with Gasteiger partial charge in [0.25, 0.3) is 5.91 Å². The maximum Gasteiger partial charge on any atom is 0.251 e. The van der Waals surface area contributed by atoms with E-state index in [4.69, 9.17) is 5.73 Å². The summed E-state index contributed by atoms with van der Waals surface area (Å²) in [7, 11) is 0. The Morgan fingerprint density at radius 1 is 0.714 bits per heavy atom. The fraction of sp³-hybridized carbons (Fsp3) is 0.565. The average Bonchev–Trinajstić information content (AvgIpc) is 3.99. The van der Waals surface area contributed by atoms with E-state index in [2.05, 4.69) is 26.6 Å². The Morgan fingerprint density at radius 2 is 1.32 bits per heavy atom. The van der Waals surface area contributed by atoms with E-state index in [0.717, 1.165) is 24.0 Å². The standard InChI is InChI=1S/C46H64N8O9/c1-3-29(2)39-46(63)54-26-14-22-36(54)44(61)49-32(20-12-6-9-17-30-15-7-4-8-16-30)40(57)45(62)50-33(23-24-37(47)55)41(58)48-28-38(56)53-25-13-21-35(53)43(60)51-34(42(59)52-39)27-31-18-10-5-11-19-31/h4-5,7-8,10-11,15-16,18-19,29,32-36,39-40,57H,3,6,9,12-14,17,20-28H2,1-2H3,(H2,47,55)(H,48,58)(H,49,61)(H,50,62)(H,51,60)(H,52,59)/t29-,32?,33-,34+,35+,36+,39+,40?/m0/s1. The molecular weight excluding hydrogens is 809 g/mol. The number of benzene rings is 2. The number of unbranched alkanes of at least 4 members (excludes halogenated alkanes) is 2. The van der Waals surface area contributed by atoms with Gasteiger partial charge in [0.05, 0.1) is 12.6 Å². The molecule has 17 heteroatoms. The number of nitrogens with zero attached hydrogens (tertiary/aromatic N) is 2. The summed E-state index contributed by atoms with van der Waals surface area (Å²) in [5.41, 5.74) is 7.30. The van der Waals surface area contributed by atoms with E-state index < -0.39 is 96.2 Å². The second-order valence-electron chi connectivity index (χ2n) is 17.0. The number of hydrogen-bond donors (Lipinski definition) is 7. The van der Waals surface area contributed by atoms with Crippen molar-refractivity contribution in [3.05, 3.63) is 71.8 Å². The van der Waals surface area contributed by atoms with Crippen molar-refractivity contribution in [3.63, 3.8) is 0 Å². The molecule has 3 fully saturated rings. The minimum atomic E-state index is -1.85. The molecule has 63 heavy (non-hydrogen) atoms. The molecule has 3 saturated heterocycles. The van der Waals surface area contributed by atoms with Crippen LogP contribution in [-0.4, -0.2) is 124 Å². The summed E-state index contributed by atoms with van der Waals surface area (Å²) in [5.74, 6) is -5.80. The van der Waals surface area contributed by atoms with Crippen LogP contribution in [0.2, 0.25) is 0 Å². The van der Waals surface area contributed by atoms with E-state index in [1.807, 2.05) is 62.4 Å². The molecule has 8 N–H and O–H groups in total. The number of hydrogen-bond acceptors (Lipinski definition) is 9. The van der Waals surface area contributed by atoms with Crippen LogP contribution in [-0.2, 0) is 51.2 Å². The lowest BCUT2D eigenvalue weighted by atomic mass is 9.96. The van der Waals surface area contributed by atoms with Gasteiger partial charge in [-0.2, -0.15) is 0 Å². The van der Waals surface area contributed by atoms with Gasteiger partial charge in [0.1, 0.15) is 30.2 Å². The fourth-order valence-electron chi connectivity index (χ4n) is 8.57. The van der Waals surface area contributed by atoms with Crippen molar-refractivity contribution < 1.29 is 43.5 Å². The number of rotatable bonds is 13. The van der Waals surface area contributed by atoms with E-state index >= 15 is 0 Å². The maximum absolute atomic E-state index is 14.5. The van der Waals surface area contributed by atoms with Crippen molar-refractivity contribution in [2.24, 2.45) is 11.7 Å². The van der Waals surface area contributed by atoms with Gasteiger partial charge >= 0.3 is 0 Å². The Balaban J connectivity index is 1.46. The first-order valence-electron chi connectivity index (χ1n) is 22.4. The van der Waals surface area contributed by atoms with Crippen molar-refractivity contribution in [3.8, 4) is 0 Å². The molecule has 2 aromatic carbocycles. The second kappa shape index (κ2) is 23.6. The molecule has 2 unspecified atom stereocenters. The number of carbonyl (C=O) groups excluding carboxylic acids is 8. The molecule has 0 aliphatic carbocycles. The number of fused-ring (bicyclic) bond motifs is 2. The van der Waals surface area contributed by atoms with Crippen molar-refractivity contribution in [1.82, 2.24) is 36.4 Å². The molecule has 3 aliphatic rings. The number of amides is 8.